The first-order chi connectivity index (χ1) is 13.1. The van der Waals surface area contributed by atoms with Crippen LogP contribution in [0, 0.1) is 0 Å². The van der Waals surface area contributed by atoms with Crippen molar-refractivity contribution in [3.8, 4) is 0 Å². The number of para-hydroxylation sites is 1. The van der Waals surface area contributed by atoms with Crippen LogP contribution in [-0.4, -0.2) is 31.7 Å². The van der Waals surface area contributed by atoms with E-state index in [1.165, 1.54) is 18.2 Å². The van der Waals surface area contributed by atoms with E-state index < -0.39 is 10.0 Å². The number of carbonyl (C=O) groups excluding carboxylic acids is 1. The zero-order chi connectivity index (χ0) is 20.6. The molecule has 0 saturated carbocycles. The summed E-state index contributed by atoms with van der Waals surface area (Å²) in [5, 5.41) is 10.4. The fourth-order valence-corrected chi connectivity index (χ4v) is 4.11. The molecule has 1 heterocycles. The number of carbonyl (C=O) groups is 1. The molecule has 2 aromatic rings. The second-order valence-electron chi connectivity index (χ2n) is 5.82. The number of nitrogens with zero attached hydrogens (tertiary/aromatic N) is 3. The van der Waals surface area contributed by atoms with Gasteiger partial charge in [-0.1, -0.05) is 28.1 Å². The molecule has 1 aliphatic heterocycles. The maximum Gasteiger partial charge on any atom is 0.279 e. The number of amides is 1. The lowest BCUT2D eigenvalue weighted by atomic mass is 10.1. The highest BCUT2D eigenvalue weighted by molar-refractivity contribution is 9.10. The number of anilines is 2. The van der Waals surface area contributed by atoms with E-state index in [0.29, 0.717) is 17.8 Å². The number of primary sulfonamides is 1. The third-order valence-corrected chi connectivity index (χ3v) is 5.70. The molecular weight excluding hydrogens is 466 g/mol. The number of rotatable bonds is 4. The molecule has 8 nitrogen and oxygen atoms in total. The number of nitrogens with two attached hydrogens (primary N) is 2. The summed E-state index contributed by atoms with van der Waals surface area (Å²) in [6.45, 7) is 2.28. The molecule has 0 radical (unpaired) electrons. The van der Waals surface area contributed by atoms with Crippen LogP contribution in [0.25, 0.3) is 0 Å². The van der Waals surface area contributed by atoms with Crippen molar-refractivity contribution in [2.24, 2.45) is 16.0 Å². The van der Waals surface area contributed by atoms with Gasteiger partial charge in [0.15, 0.2) is 10.8 Å². The molecule has 4 N–H and O–H groups in total. The summed E-state index contributed by atoms with van der Waals surface area (Å²) in [5.41, 5.74) is 7.23. The minimum absolute atomic E-state index is 0.0595. The first-order valence-electron chi connectivity index (χ1n) is 8.07. The Morgan fingerprint density at radius 3 is 2.57 bits per heavy atom. The Kier molecular flexibility index (Phi) is 5.53. The highest BCUT2D eigenvalue weighted by Crippen LogP contribution is 2.33. The maximum atomic E-state index is 12.9. The Hall–Kier alpha value is -2.34. The highest BCUT2D eigenvalue weighted by atomic mass is 79.9. The van der Waals surface area contributed by atoms with Gasteiger partial charge in [0.25, 0.3) is 5.91 Å². The van der Waals surface area contributed by atoms with Gasteiger partial charge < -0.3 is 10.6 Å². The van der Waals surface area contributed by atoms with Crippen LogP contribution in [0.5, 0.6) is 0 Å². The number of sulfonamides is 1. The number of hydrazone groups is 1. The minimum Gasteiger partial charge on any atom is -0.374 e. The average Bonchev–Trinajstić information content (AvgIpc) is 2.88. The fourth-order valence-electron chi connectivity index (χ4n) is 2.89. The third kappa shape index (κ3) is 3.65. The number of halogens is 1. The largest absolute Gasteiger partial charge is 0.374 e. The zero-order valence-electron chi connectivity index (χ0n) is 14.7. The van der Waals surface area contributed by atoms with Gasteiger partial charge in [-0.25, -0.2) is 18.6 Å². The molecule has 0 atom stereocenters. The van der Waals surface area contributed by atoms with Crippen molar-refractivity contribution in [1.29, 1.82) is 0 Å². The Morgan fingerprint density at radius 2 is 1.96 bits per heavy atom. The number of benzene rings is 2. The number of hydrogen-bond donors (Lipinski definition) is 2. The molecule has 146 valence electrons. The minimum atomic E-state index is -4.07. The quantitative estimate of drug-likeness (QED) is 0.507. The van der Waals surface area contributed by atoms with Crippen LogP contribution in [0.1, 0.15) is 12.5 Å². The second kappa shape index (κ2) is 7.59. The predicted molar refractivity (Wildman–Crippen MR) is 116 cm³/mol. The van der Waals surface area contributed by atoms with E-state index in [-0.39, 0.29) is 27.3 Å². The molecule has 28 heavy (non-hydrogen) atoms. The van der Waals surface area contributed by atoms with E-state index in [4.69, 9.17) is 23.1 Å². The van der Waals surface area contributed by atoms with E-state index in [9.17, 15) is 13.2 Å². The van der Waals surface area contributed by atoms with Gasteiger partial charge in [0.2, 0.25) is 10.0 Å². The summed E-state index contributed by atoms with van der Waals surface area (Å²) < 4.78 is 24.7. The van der Waals surface area contributed by atoms with Gasteiger partial charge in [-0.2, -0.15) is 5.10 Å². The van der Waals surface area contributed by atoms with Crippen molar-refractivity contribution >= 4 is 66.3 Å². The number of likely N-dealkylation sites (N-methyl/N-ethyl adjacent to an activating group) is 1. The number of fused-ring (bicyclic) bond motifs is 1. The maximum absolute atomic E-state index is 12.9. The molecule has 0 bridgehead atoms. The molecule has 1 aliphatic rings. The predicted octanol–water partition coefficient (Wildman–Crippen LogP) is 1.92. The SMILES string of the molecule is CCN1C(=O)/C(=N\N(C(N)=S)c2ccccc2S(N)(=O)=O)c2cc(Br)ccc21. The summed E-state index contributed by atoms with van der Waals surface area (Å²) in [7, 11) is -4.07. The van der Waals surface area contributed by atoms with Crippen LogP contribution in [-0.2, 0) is 14.8 Å². The van der Waals surface area contributed by atoms with E-state index in [2.05, 4.69) is 21.0 Å². The average molecular weight is 482 g/mol. The molecule has 0 aromatic heterocycles. The van der Waals surface area contributed by atoms with Gasteiger partial charge in [0, 0.05) is 16.6 Å². The Morgan fingerprint density at radius 1 is 1.29 bits per heavy atom. The van der Waals surface area contributed by atoms with Gasteiger partial charge in [-0.15, -0.1) is 0 Å². The highest BCUT2D eigenvalue weighted by Gasteiger charge is 2.34. The topological polar surface area (TPSA) is 122 Å². The Bertz CT molecular complexity index is 1120. The molecular formula is C17H16BrN5O3S2. The Labute approximate surface area is 176 Å². The normalized spacial score (nSPS) is 15.0. The standard InChI is InChI=1S/C17H16BrN5O3S2/c1-2-22-12-8-7-10(18)9-11(12)15(16(22)24)21-23(17(19)27)13-5-3-4-6-14(13)28(20,25)26/h3-9H,2H2,1H3,(H2,19,27)(H2,20,25,26)/b21-15-. The zero-order valence-corrected chi connectivity index (χ0v) is 17.9. The molecule has 0 unspecified atom stereocenters. The van der Waals surface area contributed by atoms with Gasteiger partial charge in [-0.05, 0) is 49.5 Å². The van der Waals surface area contributed by atoms with Gasteiger partial charge in [0.05, 0.1) is 11.4 Å². The molecule has 0 spiro atoms. The van der Waals surface area contributed by atoms with Crippen LogP contribution < -0.4 is 20.8 Å². The van der Waals surface area contributed by atoms with Crippen LogP contribution in [0.3, 0.4) is 0 Å². The van der Waals surface area contributed by atoms with Crippen LogP contribution in [0.4, 0.5) is 11.4 Å². The lowest BCUT2D eigenvalue weighted by Gasteiger charge is -2.20. The fraction of sp³-hybridized carbons (Fsp3) is 0.118. The van der Waals surface area contributed by atoms with Crippen molar-refractivity contribution in [3.63, 3.8) is 0 Å². The van der Waals surface area contributed by atoms with Crippen molar-refractivity contribution in [2.45, 2.75) is 11.8 Å². The van der Waals surface area contributed by atoms with E-state index in [1.807, 2.05) is 13.0 Å². The monoisotopic (exact) mass is 481 g/mol. The molecule has 1 amide bonds. The molecule has 3 rings (SSSR count). The smallest absolute Gasteiger partial charge is 0.279 e. The summed E-state index contributed by atoms with van der Waals surface area (Å²) in [5.74, 6) is -0.343. The van der Waals surface area contributed by atoms with Crippen molar-refractivity contribution in [3.05, 3.63) is 52.5 Å². The van der Waals surface area contributed by atoms with E-state index in [0.717, 1.165) is 9.48 Å². The van der Waals surface area contributed by atoms with Gasteiger partial charge in [-0.3, -0.25) is 4.79 Å². The van der Waals surface area contributed by atoms with Crippen LogP contribution >= 0.6 is 28.1 Å². The van der Waals surface area contributed by atoms with Crippen molar-refractivity contribution in [1.82, 2.24) is 0 Å². The van der Waals surface area contributed by atoms with Crippen molar-refractivity contribution < 1.29 is 13.2 Å². The lowest BCUT2D eigenvalue weighted by molar-refractivity contribution is -0.112. The first kappa shape index (κ1) is 20.4. The van der Waals surface area contributed by atoms with Crippen LogP contribution in [0.2, 0.25) is 0 Å². The summed E-state index contributed by atoms with van der Waals surface area (Å²) in [4.78, 5) is 14.3. The molecule has 0 fully saturated rings. The van der Waals surface area contributed by atoms with E-state index in [1.54, 1.807) is 23.1 Å². The molecule has 0 aliphatic carbocycles. The number of hydrogen-bond acceptors (Lipinski definition) is 5. The molecule has 2 aromatic carbocycles. The van der Waals surface area contributed by atoms with Gasteiger partial charge >= 0.3 is 0 Å². The third-order valence-electron chi connectivity index (χ3n) is 4.08. The van der Waals surface area contributed by atoms with E-state index >= 15 is 0 Å². The lowest BCUT2D eigenvalue weighted by Crippen LogP contribution is -2.36. The van der Waals surface area contributed by atoms with Crippen LogP contribution in [0.15, 0.2) is 56.9 Å². The Balaban J connectivity index is 2.22. The van der Waals surface area contributed by atoms with Gasteiger partial charge in [0.1, 0.15) is 4.90 Å². The first-order valence-corrected chi connectivity index (χ1v) is 10.8. The summed E-state index contributed by atoms with van der Waals surface area (Å²) in [6, 6.07) is 11.3. The molecule has 11 heteroatoms. The molecule has 0 saturated heterocycles. The summed E-state index contributed by atoms with van der Waals surface area (Å²) >= 11 is 8.45. The summed E-state index contributed by atoms with van der Waals surface area (Å²) in [6.07, 6.45) is 0. The van der Waals surface area contributed by atoms with Crippen molar-refractivity contribution in [2.75, 3.05) is 16.5 Å². The number of thiocarbonyl (C=S) groups is 1. The second-order valence-corrected chi connectivity index (χ2v) is 8.69.